The molecule has 0 fully saturated rings. The molecular weight excluding hydrogens is 158 g/mol. The van der Waals surface area contributed by atoms with E-state index in [1.165, 1.54) is 0 Å². The molecule has 11 heavy (non-hydrogen) atoms. The van der Waals surface area contributed by atoms with Crippen LogP contribution in [0.3, 0.4) is 0 Å². The Morgan fingerprint density at radius 2 is 2.09 bits per heavy atom. The van der Waals surface area contributed by atoms with E-state index in [0.29, 0.717) is 6.42 Å². The van der Waals surface area contributed by atoms with Crippen molar-refractivity contribution in [2.45, 2.75) is 19.3 Å². The van der Waals surface area contributed by atoms with E-state index in [2.05, 4.69) is 0 Å². The fraction of sp³-hybridized carbons (Fsp3) is 0.333. The minimum atomic E-state index is -2.06. The normalized spacial score (nSPS) is 17.0. The van der Waals surface area contributed by atoms with Gasteiger partial charge in [-0.2, -0.15) is 0 Å². The second-order valence-electron chi connectivity index (χ2n) is 2.30. The van der Waals surface area contributed by atoms with Gasteiger partial charge in [0.1, 0.15) is 0 Å². The summed E-state index contributed by atoms with van der Waals surface area (Å²) < 4.78 is 21.3. The van der Waals surface area contributed by atoms with E-state index < -0.39 is 12.9 Å². The summed E-state index contributed by atoms with van der Waals surface area (Å²) in [5, 5.41) is 0. The third kappa shape index (κ3) is 4.02. The highest BCUT2D eigenvalue weighted by molar-refractivity contribution is 5.85. The Kier molecular flexibility index (Phi) is 2.83. The third-order valence-electron chi connectivity index (χ3n) is 1.30. The van der Waals surface area contributed by atoms with Crippen LogP contribution in [-0.4, -0.2) is 6.04 Å². The molecule has 0 bridgehead atoms. The molecule has 0 aliphatic carbocycles. The first kappa shape index (κ1) is 6.04. The summed E-state index contributed by atoms with van der Waals surface area (Å²) in [5.74, 6) is 0. The van der Waals surface area contributed by atoms with Crippen LogP contribution in [0.4, 0.5) is 0 Å². The number of hydrogen-bond donors (Lipinski definition) is 1. The van der Waals surface area contributed by atoms with Crippen molar-refractivity contribution in [3.8, 4) is 0 Å². The molecule has 2 heteroatoms. The Hall–Kier alpha value is -0.530. The molecule has 1 aromatic carbocycles. The van der Waals surface area contributed by atoms with Crippen LogP contribution in [0, 0.1) is 0 Å². The van der Waals surface area contributed by atoms with E-state index in [0.717, 1.165) is 5.56 Å². The average molecular weight is 175 g/mol. The number of hydrogen-bond acceptors (Lipinski definition) is 1. The molecule has 0 amide bonds. The highest BCUT2D eigenvalue weighted by Crippen LogP contribution is 2.00. The van der Waals surface area contributed by atoms with Gasteiger partial charge in [0, 0.05) is 10.2 Å². The molecule has 0 heterocycles. The van der Waals surface area contributed by atoms with Gasteiger partial charge >= 0.3 is 0 Å². The third-order valence-corrected chi connectivity index (χ3v) is 1.30. The number of halogens is 1. The Balaban J connectivity index is 0.00000169. The average Bonchev–Trinajstić information content (AvgIpc) is 2.04. The van der Waals surface area contributed by atoms with Gasteiger partial charge < -0.3 is 5.73 Å². The van der Waals surface area contributed by atoms with Crippen molar-refractivity contribution in [3.63, 3.8) is 0 Å². The highest BCUT2D eigenvalue weighted by atomic mass is 35.5. The van der Waals surface area contributed by atoms with Crippen molar-refractivity contribution in [3.05, 3.63) is 35.9 Å². The topological polar surface area (TPSA) is 26.0 Å². The fourth-order valence-electron chi connectivity index (χ4n) is 0.868. The molecule has 2 N–H and O–H groups in total. The molecule has 1 rings (SSSR count). The first-order chi connectivity index (χ1) is 6.00. The van der Waals surface area contributed by atoms with Crippen molar-refractivity contribution in [1.82, 2.24) is 0 Å². The lowest BCUT2D eigenvalue weighted by Gasteiger charge is -2.02. The Morgan fingerprint density at radius 3 is 2.64 bits per heavy atom. The van der Waals surface area contributed by atoms with Gasteiger partial charge in [-0.25, -0.2) is 0 Å². The second kappa shape index (κ2) is 5.16. The van der Waals surface area contributed by atoms with Crippen LogP contribution in [0.15, 0.2) is 30.3 Å². The largest absolute Gasteiger partial charge is 0.328 e. The minimum absolute atomic E-state index is 0. The number of benzene rings is 1. The molecular formula is C9H14ClN. The molecule has 0 unspecified atom stereocenters. The van der Waals surface area contributed by atoms with Crippen molar-refractivity contribution in [1.29, 1.82) is 0 Å². The molecule has 1 atom stereocenters. The van der Waals surface area contributed by atoms with E-state index >= 15 is 0 Å². The van der Waals surface area contributed by atoms with Crippen molar-refractivity contribution in [2.75, 3.05) is 0 Å². The maximum atomic E-state index is 7.10. The molecule has 1 nitrogen and oxygen atoms in total. The summed E-state index contributed by atoms with van der Waals surface area (Å²) in [4.78, 5) is 0. The standard InChI is InChI=1S/C9H13N.ClH/c1-8(10)7-9-5-3-2-4-6-9;/h2-6,8H,7,10H2,1H3;1H/t8-;/m1./s1/i1D3;. The zero-order chi connectivity index (χ0) is 9.90. The smallest absolute Gasteiger partial charge is 0.0246 e. The van der Waals surface area contributed by atoms with Gasteiger partial charge in [-0.3, -0.25) is 0 Å². The van der Waals surface area contributed by atoms with Crippen LogP contribution in [0.5, 0.6) is 0 Å². The van der Waals surface area contributed by atoms with E-state index in [-0.39, 0.29) is 12.4 Å². The lowest BCUT2D eigenvalue weighted by atomic mass is 10.1. The molecule has 0 aliphatic heterocycles. The lowest BCUT2D eigenvalue weighted by Crippen LogP contribution is -2.17. The second-order valence-corrected chi connectivity index (χ2v) is 2.30. The van der Waals surface area contributed by atoms with Crippen LogP contribution < -0.4 is 5.73 Å². The Morgan fingerprint density at radius 1 is 1.45 bits per heavy atom. The van der Waals surface area contributed by atoms with Gasteiger partial charge in [0.2, 0.25) is 0 Å². The summed E-state index contributed by atoms with van der Waals surface area (Å²) in [6.45, 7) is -2.06. The van der Waals surface area contributed by atoms with E-state index in [4.69, 9.17) is 9.85 Å². The van der Waals surface area contributed by atoms with E-state index in [9.17, 15) is 0 Å². The number of rotatable bonds is 2. The molecule has 1 aromatic rings. The predicted octanol–water partition coefficient (Wildman–Crippen LogP) is 2.00. The Labute approximate surface area is 78.2 Å². The minimum Gasteiger partial charge on any atom is -0.328 e. The van der Waals surface area contributed by atoms with E-state index in [1.807, 2.05) is 30.3 Å². The molecule has 0 saturated carbocycles. The van der Waals surface area contributed by atoms with Crippen molar-refractivity contribution in [2.24, 2.45) is 5.73 Å². The SMILES string of the molecule is Cl.[2H]C([2H])([2H])[C@@H](N)Cc1ccccc1. The van der Waals surface area contributed by atoms with Crippen molar-refractivity contribution < 1.29 is 4.11 Å². The summed E-state index contributed by atoms with van der Waals surface area (Å²) >= 11 is 0. The van der Waals surface area contributed by atoms with Crippen LogP contribution >= 0.6 is 12.4 Å². The Bertz CT molecular complexity index is 261. The number of nitrogens with two attached hydrogens (primary N) is 1. The zero-order valence-corrected chi connectivity index (χ0v) is 6.97. The first-order valence-corrected chi connectivity index (χ1v) is 3.29. The van der Waals surface area contributed by atoms with Gasteiger partial charge in [-0.05, 0) is 18.8 Å². The molecule has 62 valence electrons. The molecule has 0 aromatic heterocycles. The summed E-state index contributed by atoms with van der Waals surface area (Å²) in [6.07, 6.45) is 0.400. The molecule has 0 radical (unpaired) electrons. The van der Waals surface area contributed by atoms with Gasteiger partial charge in [-0.15, -0.1) is 12.4 Å². The predicted molar refractivity (Wildman–Crippen MR) is 51.0 cm³/mol. The molecule has 0 saturated heterocycles. The van der Waals surface area contributed by atoms with Gasteiger partial charge in [0.25, 0.3) is 0 Å². The molecule has 0 spiro atoms. The van der Waals surface area contributed by atoms with Crippen LogP contribution in [-0.2, 0) is 6.42 Å². The van der Waals surface area contributed by atoms with Gasteiger partial charge in [0.15, 0.2) is 0 Å². The maximum Gasteiger partial charge on any atom is 0.0246 e. The highest BCUT2D eigenvalue weighted by Gasteiger charge is 1.94. The summed E-state index contributed by atoms with van der Waals surface area (Å²) in [7, 11) is 0. The fourth-order valence-corrected chi connectivity index (χ4v) is 0.868. The molecule has 0 aliphatic rings. The first-order valence-electron chi connectivity index (χ1n) is 4.79. The lowest BCUT2D eigenvalue weighted by molar-refractivity contribution is 0.738. The maximum absolute atomic E-state index is 7.10. The quantitative estimate of drug-likeness (QED) is 0.730. The van der Waals surface area contributed by atoms with Crippen molar-refractivity contribution >= 4 is 12.4 Å². The zero-order valence-electron chi connectivity index (χ0n) is 9.16. The van der Waals surface area contributed by atoms with Gasteiger partial charge in [-0.1, -0.05) is 30.3 Å². The van der Waals surface area contributed by atoms with Gasteiger partial charge in [0.05, 0.1) is 0 Å². The van der Waals surface area contributed by atoms with Crippen LogP contribution in [0.25, 0.3) is 0 Å². The van der Waals surface area contributed by atoms with E-state index in [1.54, 1.807) is 0 Å². The van der Waals surface area contributed by atoms with Crippen LogP contribution in [0.2, 0.25) is 0 Å². The summed E-state index contributed by atoms with van der Waals surface area (Å²) in [5.41, 5.74) is 6.48. The monoisotopic (exact) mass is 174 g/mol. The summed E-state index contributed by atoms with van der Waals surface area (Å²) in [6, 6.07) is 8.64. The van der Waals surface area contributed by atoms with Crippen LogP contribution in [0.1, 0.15) is 16.5 Å².